The van der Waals surface area contributed by atoms with E-state index in [1.54, 1.807) is 0 Å². The molecule has 0 fully saturated rings. The molecule has 0 aliphatic rings. The first-order valence-corrected chi connectivity index (χ1v) is 6.80. The van der Waals surface area contributed by atoms with Crippen LogP contribution in [0.5, 0.6) is 0 Å². The molecule has 1 aromatic carbocycles. The maximum atomic E-state index is 12.8. The molecule has 2 rings (SSSR count). The summed E-state index contributed by atoms with van der Waals surface area (Å²) in [5.41, 5.74) is -2.09. The molecule has 8 heteroatoms. The van der Waals surface area contributed by atoms with Crippen LogP contribution in [-0.4, -0.2) is 20.8 Å². The highest BCUT2D eigenvalue weighted by Crippen LogP contribution is 2.30. The molecule has 23 heavy (non-hydrogen) atoms. The third kappa shape index (κ3) is 3.21. The smallest absolute Gasteiger partial charge is 0.394 e. The predicted molar refractivity (Wildman–Crippen MR) is 77.8 cm³/mol. The van der Waals surface area contributed by atoms with Crippen molar-refractivity contribution in [2.24, 2.45) is 0 Å². The summed E-state index contributed by atoms with van der Waals surface area (Å²) in [7, 11) is 0. The van der Waals surface area contributed by atoms with Gasteiger partial charge in [0, 0.05) is 11.8 Å². The minimum Gasteiger partial charge on any atom is -0.394 e. The largest absolute Gasteiger partial charge is 0.416 e. The number of alkyl halides is 3. The summed E-state index contributed by atoms with van der Waals surface area (Å²) in [6, 6.07) is 4.64. The fourth-order valence-electron chi connectivity index (χ4n) is 2.29. The van der Waals surface area contributed by atoms with E-state index in [4.69, 9.17) is 5.11 Å². The number of nitrogens with zero attached hydrogens (tertiary/aromatic N) is 2. The Morgan fingerprint density at radius 3 is 2.43 bits per heavy atom. The highest BCUT2D eigenvalue weighted by Gasteiger charge is 2.30. The SMILES string of the molecule is Cc1cc(=O)n([C@H](C)CO)c(=O)n1-c1cccc(C(F)(F)F)c1. The molecule has 0 aliphatic carbocycles. The Labute approximate surface area is 129 Å². The highest BCUT2D eigenvalue weighted by atomic mass is 19.4. The lowest BCUT2D eigenvalue weighted by atomic mass is 10.2. The lowest BCUT2D eigenvalue weighted by Crippen LogP contribution is -2.42. The Bertz CT molecular complexity index is 837. The number of benzene rings is 1. The third-order valence-electron chi connectivity index (χ3n) is 3.46. The molecule has 0 saturated heterocycles. The summed E-state index contributed by atoms with van der Waals surface area (Å²) >= 11 is 0. The number of aryl methyl sites for hydroxylation is 1. The van der Waals surface area contributed by atoms with Gasteiger partial charge in [-0.05, 0) is 32.0 Å². The Kier molecular flexibility index (Phi) is 4.46. The molecule has 0 radical (unpaired) electrons. The fraction of sp³-hybridized carbons (Fsp3) is 0.333. The summed E-state index contributed by atoms with van der Waals surface area (Å²) in [6.07, 6.45) is -4.54. The summed E-state index contributed by atoms with van der Waals surface area (Å²) in [5, 5.41) is 9.16. The lowest BCUT2D eigenvalue weighted by molar-refractivity contribution is -0.137. The summed E-state index contributed by atoms with van der Waals surface area (Å²) in [5.74, 6) is 0. The van der Waals surface area contributed by atoms with Crippen molar-refractivity contribution in [3.05, 3.63) is 62.4 Å². The molecule has 2 aromatic rings. The van der Waals surface area contributed by atoms with Crippen LogP contribution < -0.4 is 11.2 Å². The van der Waals surface area contributed by atoms with Crippen LogP contribution in [0.15, 0.2) is 39.9 Å². The standard InChI is InChI=1S/C15H15F3N2O3/c1-9-6-13(22)20(10(2)8-21)14(23)19(9)12-5-3-4-11(7-12)15(16,17)18/h3-7,10,21H,8H2,1-2H3/t10-/m1/s1. The second-order valence-electron chi connectivity index (χ2n) is 5.19. The predicted octanol–water partition coefficient (Wildman–Crippen LogP) is 1.88. The van der Waals surface area contributed by atoms with Crippen LogP contribution in [0.1, 0.15) is 24.2 Å². The topological polar surface area (TPSA) is 64.2 Å². The van der Waals surface area contributed by atoms with Crippen LogP contribution in [-0.2, 0) is 6.18 Å². The van der Waals surface area contributed by atoms with Gasteiger partial charge in [0.05, 0.1) is 23.9 Å². The second kappa shape index (κ2) is 6.04. The van der Waals surface area contributed by atoms with Crippen LogP contribution in [0, 0.1) is 6.92 Å². The zero-order valence-corrected chi connectivity index (χ0v) is 12.5. The van der Waals surface area contributed by atoms with E-state index in [-0.39, 0.29) is 11.4 Å². The highest BCUT2D eigenvalue weighted by molar-refractivity contribution is 5.38. The molecule has 0 aliphatic heterocycles. The number of halogens is 3. The first-order valence-electron chi connectivity index (χ1n) is 6.80. The van der Waals surface area contributed by atoms with Gasteiger partial charge in [0.25, 0.3) is 5.56 Å². The molecule has 5 nitrogen and oxygen atoms in total. The maximum absolute atomic E-state index is 12.8. The summed E-state index contributed by atoms with van der Waals surface area (Å²) in [4.78, 5) is 24.4. The molecule has 0 unspecified atom stereocenters. The fourth-order valence-corrected chi connectivity index (χ4v) is 2.29. The Balaban J connectivity index is 2.75. The molecule has 0 saturated carbocycles. The molecule has 0 spiro atoms. The molecule has 1 heterocycles. The van der Waals surface area contributed by atoms with Gasteiger partial charge in [0.2, 0.25) is 0 Å². The van der Waals surface area contributed by atoms with Gasteiger partial charge in [-0.15, -0.1) is 0 Å². The van der Waals surface area contributed by atoms with Gasteiger partial charge in [0.1, 0.15) is 0 Å². The first kappa shape index (κ1) is 17.0. The molecule has 124 valence electrons. The van der Waals surface area contributed by atoms with E-state index in [1.807, 2.05) is 0 Å². The number of hydrogen-bond donors (Lipinski definition) is 1. The van der Waals surface area contributed by atoms with E-state index in [2.05, 4.69) is 0 Å². The normalized spacial score (nSPS) is 13.1. The van der Waals surface area contributed by atoms with E-state index < -0.39 is 35.6 Å². The van der Waals surface area contributed by atoms with Crippen molar-refractivity contribution in [2.75, 3.05) is 6.61 Å². The van der Waals surface area contributed by atoms with Crippen molar-refractivity contribution >= 4 is 0 Å². The minimum absolute atomic E-state index is 0.00112. The molecular formula is C15H15F3N2O3. The van der Waals surface area contributed by atoms with Gasteiger partial charge >= 0.3 is 11.9 Å². The lowest BCUT2D eigenvalue weighted by Gasteiger charge is -2.17. The zero-order chi connectivity index (χ0) is 17.4. The zero-order valence-electron chi connectivity index (χ0n) is 12.5. The maximum Gasteiger partial charge on any atom is 0.416 e. The second-order valence-corrected chi connectivity index (χ2v) is 5.19. The molecule has 0 amide bonds. The van der Waals surface area contributed by atoms with Gasteiger partial charge in [0.15, 0.2) is 0 Å². The minimum atomic E-state index is -4.54. The van der Waals surface area contributed by atoms with E-state index in [1.165, 1.54) is 26.0 Å². The number of aromatic nitrogens is 2. The van der Waals surface area contributed by atoms with Crippen LogP contribution in [0.4, 0.5) is 13.2 Å². The average molecular weight is 328 g/mol. The van der Waals surface area contributed by atoms with Gasteiger partial charge in [-0.3, -0.25) is 13.9 Å². The third-order valence-corrected chi connectivity index (χ3v) is 3.46. The van der Waals surface area contributed by atoms with Crippen molar-refractivity contribution in [3.8, 4) is 5.69 Å². The van der Waals surface area contributed by atoms with Gasteiger partial charge in [-0.2, -0.15) is 13.2 Å². The van der Waals surface area contributed by atoms with E-state index >= 15 is 0 Å². The molecule has 1 N–H and O–H groups in total. The molecule has 1 atom stereocenters. The molecule has 1 aromatic heterocycles. The van der Waals surface area contributed by atoms with Crippen molar-refractivity contribution < 1.29 is 18.3 Å². The number of hydrogen-bond acceptors (Lipinski definition) is 3. The van der Waals surface area contributed by atoms with Crippen LogP contribution in [0.3, 0.4) is 0 Å². The quantitative estimate of drug-likeness (QED) is 0.936. The van der Waals surface area contributed by atoms with Gasteiger partial charge in [-0.25, -0.2) is 4.79 Å². The first-order chi connectivity index (χ1) is 10.7. The number of rotatable bonds is 3. The summed E-state index contributed by atoms with van der Waals surface area (Å²) in [6.45, 7) is 2.48. The number of aliphatic hydroxyl groups excluding tert-OH is 1. The van der Waals surface area contributed by atoms with Crippen LogP contribution in [0.25, 0.3) is 5.69 Å². The Hall–Kier alpha value is -2.35. The Morgan fingerprint density at radius 2 is 1.87 bits per heavy atom. The van der Waals surface area contributed by atoms with Gasteiger partial charge < -0.3 is 5.11 Å². The van der Waals surface area contributed by atoms with Gasteiger partial charge in [-0.1, -0.05) is 6.07 Å². The van der Waals surface area contributed by atoms with Crippen LogP contribution in [0.2, 0.25) is 0 Å². The molecule has 0 bridgehead atoms. The van der Waals surface area contributed by atoms with E-state index in [0.717, 1.165) is 27.3 Å². The van der Waals surface area contributed by atoms with E-state index in [9.17, 15) is 22.8 Å². The monoisotopic (exact) mass is 328 g/mol. The van der Waals surface area contributed by atoms with Crippen molar-refractivity contribution in [1.82, 2.24) is 9.13 Å². The van der Waals surface area contributed by atoms with Crippen molar-refractivity contribution in [3.63, 3.8) is 0 Å². The van der Waals surface area contributed by atoms with Crippen molar-refractivity contribution in [2.45, 2.75) is 26.1 Å². The van der Waals surface area contributed by atoms with Crippen LogP contribution >= 0.6 is 0 Å². The van der Waals surface area contributed by atoms with E-state index in [0.29, 0.717) is 0 Å². The average Bonchev–Trinajstić information content (AvgIpc) is 2.45. The molecular weight excluding hydrogens is 313 g/mol. The Morgan fingerprint density at radius 1 is 1.22 bits per heavy atom. The van der Waals surface area contributed by atoms with Crippen molar-refractivity contribution in [1.29, 1.82) is 0 Å². The number of aliphatic hydroxyl groups is 1. The summed E-state index contributed by atoms with van der Waals surface area (Å²) < 4.78 is 40.3.